The monoisotopic (exact) mass is 256 g/mol. The number of halogens is 1. The first kappa shape index (κ1) is 15.6. The van der Waals surface area contributed by atoms with Crippen molar-refractivity contribution in [1.29, 1.82) is 0 Å². The standard InChI is InChI=1S/C9H18FO5P/c1-5-13-16(12,14-6-2)8(10)9(11)15-7(3)4/h7-8H,5-6H2,1-4H3. The van der Waals surface area contributed by atoms with Crippen LogP contribution in [0.2, 0.25) is 0 Å². The molecule has 96 valence electrons. The number of ether oxygens (including phenoxy) is 1. The Balaban J connectivity index is 4.66. The summed E-state index contributed by atoms with van der Waals surface area (Å²) in [6.45, 7) is 6.19. The van der Waals surface area contributed by atoms with Crippen LogP contribution in [0.5, 0.6) is 0 Å². The highest BCUT2D eigenvalue weighted by molar-refractivity contribution is 7.55. The topological polar surface area (TPSA) is 61.8 Å². The molecule has 0 spiro atoms. The summed E-state index contributed by atoms with van der Waals surface area (Å²) < 4.78 is 39.4. The molecule has 0 rings (SSSR count). The second-order valence-electron chi connectivity index (χ2n) is 3.20. The van der Waals surface area contributed by atoms with Crippen LogP contribution in [-0.4, -0.2) is 31.2 Å². The predicted octanol–water partition coefficient (Wildman–Crippen LogP) is 2.50. The van der Waals surface area contributed by atoms with E-state index < -0.39 is 25.6 Å². The molecule has 0 aromatic heterocycles. The summed E-state index contributed by atoms with van der Waals surface area (Å²) in [5, 5.41) is 0. The maximum Gasteiger partial charge on any atom is 0.376 e. The lowest BCUT2D eigenvalue weighted by atomic mass is 10.5. The van der Waals surface area contributed by atoms with E-state index in [-0.39, 0.29) is 13.2 Å². The average molecular weight is 256 g/mol. The molecular formula is C9H18FO5P. The van der Waals surface area contributed by atoms with E-state index >= 15 is 0 Å². The number of hydrogen-bond donors (Lipinski definition) is 0. The van der Waals surface area contributed by atoms with Gasteiger partial charge in [-0.25, -0.2) is 9.18 Å². The van der Waals surface area contributed by atoms with Gasteiger partial charge < -0.3 is 13.8 Å². The number of carbonyl (C=O) groups excluding carboxylic acids is 1. The fourth-order valence-corrected chi connectivity index (χ4v) is 2.32. The Hall–Kier alpha value is -0.450. The summed E-state index contributed by atoms with van der Waals surface area (Å²) in [5.41, 5.74) is 0. The Morgan fingerprint density at radius 1 is 1.25 bits per heavy atom. The lowest BCUT2D eigenvalue weighted by Gasteiger charge is -2.20. The van der Waals surface area contributed by atoms with E-state index in [9.17, 15) is 13.8 Å². The molecule has 0 bridgehead atoms. The number of esters is 1. The summed E-state index contributed by atoms with van der Waals surface area (Å²) >= 11 is 0. The summed E-state index contributed by atoms with van der Waals surface area (Å²) in [6.07, 6.45) is -0.484. The van der Waals surface area contributed by atoms with Crippen molar-refractivity contribution in [1.82, 2.24) is 0 Å². The van der Waals surface area contributed by atoms with Gasteiger partial charge in [0, 0.05) is 0 Å². The first-order chi connectivity index (χ1) is 7.37. The van der Waals surface area contributed by atoms with Gasteiger partial charge in [0.05, 0.1) is 19.3 Å². The molecular weight excluding hydrogens is 238 g/mol. The highest BCUT2D eigenvalue weighted by Crippen LogP contribution is 2.54. The van der Waals surface area contributed by atoms with Crippen LogP contribution in [0.15, 0.2) is 0 Å². The Labute approximate surface area is 94.8 Å². The lowest BCUT2D eigenvalue weighted by Crippen LogP contribution is -2.24. The first-order valence-corrected chi connectivity index (χ1v) is 6.71. The van der Waals surface area contributed by atoms with E-state index in [1.165, 1.54) is 13.8 Å². The maximum atomic E-state index is 13.6. The van der Waals surface area contributed by atoms with Gasteiger partial charge in [-0.15, -0.1) is 0 Å². The number of rotatable bonds is 7. The molecule has 16 heavy (non-hydrogen) atoms. The van der Waals surface area contributed by atoms with E-state index in [1.807, 2.05) is 0 Å². The third kappa shape index (κ3) is 4.60. The van der Waals surface area contributed by atoms with Gasteiger partial charge in [-0.2, -0.15) is 0 Å². The van der Waals surface area contributed by atoms with Crippen LogP contribution in [-0.2, 0) is 23.1 Å². The minimum atomic E-state index is -4.06. The van der Waals surface area contributed by atoms with Crippen LogP contribution in [0.4, 0.5) is 4.39 Å². The van der Waals surface area contributed by atoms with Crippen LogP contribution >= 0.6 is 7.60 Å². The maximum absolute atomic E-state index is 13.6. The zero-order valence-electron chi connectivity index (χ0n) is 9.94. The molecule has 1 atom stereocenters. The molecule has 0 radical (unpaired) electrons. The normalized spacial score (nSPS) is 13.9. The van der Waals surface area contributed by atoms with E-state index in [1.54, 1.807) is 13.8 Å². The first-order valence-electron chi connectivity index (χ1n) is 5.10. The van der Waals surface area contributed by atoms with Crippen molar-refractivity contribution in [3.05, 3.63) is 0 Å². The minimum Gasteiger partial charge on any atom is -0.460 e. The summed E-state index contributed by atoms with van der Waals surface area (Å²) in [5.74, 6) is -3.62. The fourth-order valence-electron chi connectivity index (χ4n) is 0.946. The average Bonchev–Trinajstić information content (AvgIpc) is 2.16. The number of carbonyl (C=O) groups is 1. The van der Waals surface area contributed by atoms with Crippen molar-refractivity contribution in [3.63, 3.8) is 0 Å². The third-order valence-corrected chi connectivity index (χ3v) is 3.44. The minimum absolute atomic E-state index is 0.00729. The summed E-state index contributed by atoms with van der Waals surface area (Å²) in [6, 6.07) is 0. The van der Waals surface area contributed by atoms with Crippen LogP contribution < -0.4 is 0 Å². The summed E-state index contributed by atoms with van der Waals surface area (Å²) in [7, 11) is -4.06. The Morgan fingerprint density at radius 2 is 1.69 bits per heavy atom. The van der Waals surface area contributed by atoms with E-state index in [2.05, 4.69) is 4.74 Å². The second kappa shape index (κ2) is 6.99. The zero-order chi connectivity index (χ0) is 12.8. The molecule has 0 aromatic carbocycles. The van der Waals surface area contributed by atoms with Gasteiger partial charge >= 0.3 is 13.6 Å². The van der Waals surface area contributed by atoms with Crippen LogP contribution in [0.25, 0.3) is 0 Å². The van der Waals surface area contributed by atoms with Crippen molar-refractivity contribution in [2.45, 2.75) is 39.7 Å². The van der Waals surface area contributed by atoms with Gasteiger partial charge in [-0.05, 0) is 27.7 Å². The van der Waals surface area contributed by atoms with E-state index in [4.69, 9.17) is 9.05 Å². The third-order valence-electron chi connectivity index (χ3n) is 1.44. The summed E-state index contributed by atoms with van der Waals surface area (Å²) in [4.78, 5) is 11.2. The highest BCUT2D eigenvalue weighted by atomic mass is 31.2. The van der Waals surface area contributed by atoms with Crippen molar-refractivity contribution in [2.75, 3.05) is 13.2 Å². The number of hydrogen-bond acceptors (Lipinski definition) is 5. The van der Waals surface area contributed by atoms with Crippen LogP contribution in [0.1, 0.15) is 27.7 Å². The molecule has 0 aliphatic carbocycles. The van der Waals surface area contributed by atoms with Gasteiger partial charge in [-0.1, -0.05) is 0 Å². The van der Waals surface area contributed by atoms with Gasteiger partial charge in [0.1, 0.15) is 0 Å². The smallest absolute Gasteiger partial charge is 0.376 e. The Bertz CT molecular complexity index is 259. The molecule has 1 unspecified atom stereocenters. The van der Waals surface area contributed by atoms with E-state index in [0.717, 1.165) is 0 Å². The molecule has 0 fully saturated rings. The molecule has 0 aromatic rings. The van der Waals surface area contributed by atoms with Gasteiger partial charge in [0.2, 0.25) is 0 Å². The van der Waals surface area contributed by atoms with Gasteiger partial charge in [-0.3, -0.25) is 4.57 Å². The van der Waals surface area contributed by atoms with Crippen LogP contribution in [0.3, 0.4) is 0 Å². The molecule has 0 amide bonds. The quantitative estimate of drug-likeness (QED) is 0.517. The van der Waals surface area contributed by atoms with Crippen molar-refractivity contribution in [3.8, 4) is 0 Å². The molecule has 5 nitrogen and oxygen atoms in total. The molecule has 0 saturated carbocycles. The highest BCUT2D eigenvalue weighted by Gasteiger charge is 2.43. The van der Waals surface area contributed by atoms with Crippen molar-refractivity contribution in [2.24, 2.45) is 0 Å². The molecule has 7 heteroatoms. The molecule has 0 aliphatic rings. The lowest BCUT2D eigenvalue weighted by molar-refractivity contribution is -0.150. The Morgan fingerprint density at radius 3 is 2.00 bits per heavy atom. The Kier molecular flexibility index (Phi) is 6.79. The van der Waals surface area contributed by atoms with Crippen LogP contribution in [0, 0.1) is 0 Å². The van der Waals surface area contributed by atoms with Gasteiger partial charge in [0.25, 0.3) is 5.91 Å². The SMILES string of the molecule is CCOP(=O)(OCC)C(F)C(=O)OC(C)C. The van der Waals surface area contributed by atoms with Crippen molar-refractivity contribution >= 4 is 13.6 Å². The molecule has 0 saturated heterocycles. The fraction of sp³-hybridized carbons (Fsp3) is 0.889. The molecule has 0 heterocycles. The van der Waals surface area contributed by atoms with Crippen molar-refractivity contribution < 1.29 is 27.5 Å². The predicted molar refractivity (Wildman–Crippen MR) is 57.0 cm³/mol. The molecule has 0 aliphatic heterocycles. The second-order valence-corrected chi connectivity index (χ2v) is 5.25. The van der Waals surface area contributed by atoms with E-state index in [0.29, 0.717) is 0 Å². The molecule has 0 N–H and O–H groups in total. The zero-order valence-corrected chi connectivity index (χ0v) is 10.8. The van der Waals surface area contributed by atoms with Gasteiger partial charge in [0.15, 0.2) is 0 Å². The largest absolute Gasteiger partial charge is 0.460 e. The number of alkyl halides is 1.